The van der Waals surface area contributed by atoms with Crippen LogP contribution in [0.2, 0.25) is 0 Å². The lowest BCUT2D eigenvalue weighted by Gasteiger charge is -2.09. The summed E-state index contributed by atoms with van der Waals surface area (Å²) in [6, 6.07) is 3.48. The highest BCUT2D eigenvalue weighted by atomic mass is 16.5. The van der Waals surface area contributed by atoms with E-state index >= 15 is 0 Å². The van der Waals surface area contributed by atoms with Crippen LogP contribution < -0.4 is 15.8 Å². The molecular formula is C11H15N5O. The molecule has 0 radical (unpaired) electrons. The number of hydrogen-bond acceptors (Lipinski definition) is 5. The maximum Gasteiger partial charge on any atom is 0.215 e. The van der Waals surface area contributed by atoms with Gasteiger partial charge in [-0.25, -0.2) is 4.98 Å². The summed E-state index contributed by atoms with van der Waals surface area (Å²) < 4.78 is 6.98. The Hall–Kier alpha value is -2.24. The van der Waals surface area contributed by atoms with Crippen molar-refractivity contribution in [2.24, 2.45) is 7.05 Å². The summed E-state index contributed by atoms with van der Waals surface area (Å²) in [6.07, 6.45) is 3.64. The quantitative estimate of drug-likeness (QED) is 0.824. The minimum absolute atomic E-state index is 0.529. The van der Waals surface area contributed by atoms with Crippen LogP contribution in [0.15, 0.2) is 24.5 Å². The number of methoxy groups -OCH3 is 1. The highest BCUT2D eigenvalue weighted by Crippen LogP contribution is 2.19. The van der Waals surface area contributed by atoms with E-state index in [0.717, 1.165) is 5.82 Å². The van der Waals surface area contributed by atoms with Gasteiger partial charge in [-0.1, -0.05) is 0 Å². The lowest BCUT2D eigenvalue weighted by molar-refractivity contribution is 0.398. The molecule has 2 aromatic heterocycles. The zero-order valence-electron chi connectivity index (χ0n) is 9.84. The molecule has 0 unspecified atom stereocenters. The smallest absolute Gasteiger partial charge is 0.215 e. The van der Waals surface area contributed by atoms with Gasteiger partial charge < -0.3 is 20.4 Å². The molecule has 0 saturated heterocycles. The predicted molar refractivity (Wildman–Crippen MR) is 65.7 cm³/mol. The fraction of sp³-hybridized carbons (Fsp3) is 0.273. The van der Waals surface area contributed by atoms with Crippen molar-refractivity contribution in [3.63, 3.8) is 0 Å². The van der Waals surface area contributed by atoms with Gasteiger partial charge in [-0.3, -0.25) is 0 Å². The Labute approximate surface area is 99.4 Å². The lowest BCUT2D eigenvalue weighted by Crippen LogP contribution is -2.08. The molecule has 2 aromatic rings. The van der Waals surface area contributed by atoms with Gasteiger partial charge in [0, 0.05) is 25.5 Å². The van der Waals surface area contributed by atoms with E-state index in [1.54, 1.807) is 25.4 Å². The average molecular weight is 233 g/mol. The molecule has 0 aromatic carbocycles. The van der Waals surface area contributed by atoms with Crippen LogP contribution in [0, 0.1) is 0 Å². The van der Waals surface area contributed by atoms with E-state index in [1.165, 1.54) is 0 Å². The number of aromatic nitrogens is 3. The molecule has 17 heavy (non-hydrogen) atoms. The topological polar surface area (TPSA) is 78.0 Å². The van der Waals surface area contributed by atoms with Gasteiger partial charge >= 0.3 is 0 Å². The Balaban J connectivity index is 2.11. The molecule has 0 aliphatic rings. The molecule has 0 saturated carbocycles. The van der Waals surface area contributed by atoms with Crippen molar-refractivity contribution in [1.82, 2.24) is 14.5 Å². The minimum atomic E-state index is 0.529. The first-order valence-electron chi connectivity index (χ1n) is 5.21. The first-order valence-corrected chi connectivity index (χ1v) is 5.21. The van der Waals surface area contributed by atoms with Crippen molar-refractivity contribution in [3.05, 3.63) is 30.4 Å². The Morgan fingerprint density at radius 3 is 2.94 bits per heavy atom. The lowest BCUT2D eigenvalue weighted by atomic mass is 10.4. The second kappa shape index (κ2) is 4.73. The van der Waals surface area contributed by atoms with E-state index in [1.807, 2.05) is 17.8 Å². The number of nitrogens with one attached hydrogen (secondary N) is 1. The van der Waals surface area contributed by atoms with E-state index < -0.39 is 0 Å². The summed E-state index contributed by atoms with van der Waals surface area (Å²) >= 11 is 0. The zero-order valence-corrected chi connectivity index (χ0v) is 9.84. The number of hydrogen-bond donors (Lipinski definition) is 2. The normalized spacial score (nSPS) is 10.2. The first-order chi connectivity index (χ1) is 8.20. The Morgan fingerprint density at radius 1 is 1.47 bits per heavy atom. The fourth-order valence-corrected chi connectivity index (χ4v) is 1.44. The van der Waals surface area contributed by atoms with Crippen molar-refractivity contribution in [1.29, 1.82) is 0 Å². The van der Waals surface area contributed by atoms with E-state index in [-0.39, 0.29) is 0 Å². The van der Waals surface area contributed by atoms with Gasteiger partial charge in [0.1, 0.15) is 5.82 Å². The van der Waals surface area contributed by atoms with Crippen LogP contribution in [-0.2, 0) is 13.6 Å². The molecule has 2 rings (SSSR count). The van der Waals surface area contributed by atoms with E-state index in [4.69, 9.17) is 10.5 Å². The summed E-state index contributed by atoms with van der Waals surface area (Å²) in [5.74, 6) is 2.04. The molecule has 0 bridgehead atoms. The monoisotopic (exact) mass is 233 g/mol. The Kier molecular flexibility index (Phi) is 3.13. The number of nitrogen functional groups attached to an aromatic ring is 1. The zero-order chi connectivity index (χ0) is 12.3. The predicted octanol–water partition coefficient (Wildman–Crippen LogP) is 1.02. The van der Waals surface area contributed by atoms with Crippen molar-refractivity contribution in [2.45, 2.75) is 6.54 Å². The molecule has 0 amide bonds. The molecule has 90 valence electrons. The number of ether oxygens (including phenoxy) is 1. The molecular weight excluding hydrogens is 218 g/mol. The van der Waals surface area contributed by atoms with E-state index in [9.17, 15) is 0 Å². The summed E-state index contributed by atoms with van der Waals surface area (Å²) in [5, 5.41) is 3.13. The van der Waals surface area contributed by atoms with E-state index in [2.05, 4.69) is 15.3 Å². The molecule has 2 heterocycles. The van der Waals surface area contributed by atoms with Crippen LogP contribution in [0.1, 0.15) is 5.82 Å². The number of imidazole rings is 1. The van der Waals surface area contributed by atoms with Crippen molar-refractivity contribution >= 4 is 11.5 Å². The summed E-state index contributed by atoms with van der Waals surface area (Å²) in [6.45, 7) is 0.563. The molecule has 3 N–H and O–H groups in total. The van der Waals surface area contributed by atoms with Gasteiger partial charge in [0.25, 0.3) is 0 Å². The standard InChI is InChI=1S/C11H15N5O/c1-16-6-5-13-9(16)7-14-11-8(12)3-4-10(15-11)17-2/h3-6H,7,12H2,1-2H3,(H,14,15). The van der Waals surface area contributed by atoms with Gasteiger partial charge in [0.05, 0.1) is 19.3 Å². The third kappa shape index (κ3) is 2.47. The maximum absolute atomic E-state index is 5.81. The molecule has 0 atom stereocenters. The van der Waals surface area contributed by atoms with Gasteiger partial charge in [-0.05, 0) is 6.07 Å². The van der Waals surface area contributed by atoms with Crippen LogP contribution in [-0.4, -0.2) is 21.6 Å². The largest absolute Gasteiger partial charge is 0.481 e. The van der Waals surface area contributed by atoms with Crippen molar-refractivity contribution in [3.8, 4) is 5.88 Å². The van der Waals surface area contributed by atoms with Gasteiger partial charge in [-0.15, -0.1) is 0 Å². The fourth-order valence-electron chi connectivity index (χ4n) is 1.44. The van der Waals surface area contributed by atoms with Crippen molar-refractivity contribution < 1.29 is 4.74 Å². The van der Waals surface area contributed by atoms with Crippen LogP contribution in [0.3, 0.4) is 0 Å². The number of pyridine rings is 1. The van der Waals surface area contributed by atoms with Crippen LogP contribution >= 0.6 is 0 Å². The first kappa shape index (κ1) is 11.3. The second-order valence-electron chi connectivity index (χ2n) is 3.60. The van der Waals surface area contributed by atoms with Crippen LogP contribution in [0.5, 0.6) is 5.88 Å². The molecule has 0 spiro atoms. The molecule has 6 nitrogen and oxygen atoms in total. The average Bonchev–Trinajstić information content (AvgIpc) is 2.74. The number of nitrogens with two attached hydrogens (primary N) is 1. The number of nitrogens with zero attached hydrogens (tertiary/aromatic N) is 3. The SMILES string of the molecule is COc1ccc(N)c(NCc2nccn2C)n1. The summed E-state index contributed by atoms with van der Waals surface area (Å²) in [7, 11) is 3.51. The second-order valence-corrected chi connectivity index (χ2v) is 3.60. The molecule has 0 fully saturated rings. The Bertz CT molecular complexity index is 508. The highest BCUT2D eigenvalue weighted by molar-refractivity contribution is 5.61. The minimum Gasteiger partial charge on any atom is -0.481 e. The number of aryl methyl sites for hydroxylation is 1. The van der Waals surface area contributed by atoms with Gasteiger partial charge in [-0.2, -0.15) is 4.98 Å². The maximum atomic E-state index is 5.81. The summed E-state index contributed by atoms with van der Waals surface area (Å²) in [4.78, 5) is 8.43. The Morgan fingerprint density at radius 2 is 2.29 bits per heavy atom. The van der Waals surface area contributed by atoms with E-state index in [0.29, 0.717) is 23.9 Å². The van der Waals surface area contributed by atoms with Crippen molar-refractivity contribution in [2.75, 3.05) is 18.2 Å². The third-order valence-electron chi connectivity index (χ3n) is 2.44. The third-order valence-corrected chi connectivity index (χ3v) is 2.44. The highest BCUT2D eigenvalue weighted by Gasteiger charge is 2.04. The number of anilines is 2. The summed E-state index contributed by atoms with van der Waals surface area (Å²) in [5.41, 5.74) is 6.40. The van der Waals surface area contributed by atoms with Crippen LogP contribution in [0.4, 0.5) is 11.5 Å². The molecule has 0 aliphatic heterocycles. The van der Waals surface area contributed by atoms with Gasteiger partial charge in [0.15, 0.2) is 5.82 Å². The van der Waals surface area contributed by atoms with Gasteiger partial charge in [0.2, 0.25) is 5.88 Å². The number of rotatable bonds is 4. The van der Waals surface area contributed by atoms with Crippen LogP contribution in [0.25, 0.3) is 0 Å². The molecule has 0 aliphatic carbocycles. The molecule has 6 heteroatoms.